The Labute approximate surface area is 101 Å². The molecule has 0 amide bonds. The van der Waals surface area contributed by atoms with Crippen molar-refractivity contribution in [2.45, 2.75) is 0 Å². The van der Waals surface area contributed by atoms with Crippen molar-refractivity contribution in [3.8, 4) is 11.4 Å². The first-order valence-electron chi connectivity index (χ1n) is 5.60. The van der Waals surface area contributed by atoms with Crippen molar-refractivity contribution in [2.24, 2.45) is 5.73 Å². The van der Waals surface area contributed by atoms with Crippen molar-refractivity contribution < 1.29 is 0 Å². The third-order valence-electron chi connectivity index (χ3n) is 2.60. The van der Waals surface area contributed by atoms with Crippen LogP contribution >= 0.6 is 0 Å². The van der Waals surface area contributed by atoms with Crippen molar-refractivity contribution in [3.63, 3.8) is 0 Å². The molecule has 0 aliphatic rings. The minimum Gasteiger partial charge on any atom is -0.373 e. The second-order valence-corrected chi connectivity index (χ2v) is 3.83. The molecule has 2 N–H and O–H groups in total. The number of rotatable bonds is 4. The van der Waals surface area contributed by atoms with E-state index in [1.807, 2.05) is 25.2 Å². The first-order chi connectivity index (χ1) is 8.31. The van der Waals surface area contributed by atoms with Gasteiger partial charge >= 0.3 is 0 Å². The van der Waals surface area contributed by atoms with Crippen LogP contribution in [0.3, 0.4) is 0 Å². The molecule has 0 aliphatic carbocycles. The molecule has 0 saturated heterocycles. The summed E-state index contributed by atoms with van der Waals surface area (Å²) in [4.78, 5) is 10.6. The Bertz CT molecular complexity index is 453. The molecule has 1 aromatic carbocycles. The number of hydrogen-bond donors (Lipinski definition) is 1. The van der Waals surface area contributed by atoms with E-state index in [9.17, 15) is 0 Å². The fourth-order valence-electron chi connectivity index (χ4n) is 1.64. The van der Waals surface area contributed by atoms with E-state index in [0.717, 1.165) is 23.6 Å². The van der Waals surface area contributed by atoms with Gasteiger partial charge in [0.1, 0.15) is 0 Å². The summed E-state index contributed by atoms with van der Waals surface area (Å²) in [5.74, 6) is 0.750. The van der Waals surface area contributed by atoms with Crippen LogP contribution in [0.5, 0.6) is 0 Å². The highest BCUT2D eigenvalue weighted by molar-refractivity contribution is 5.59. The Balaban J connectivity index is 2.19. The molecule has 0 atom stereocenters. The summed E-state index contributed by atoms with van der Waals surface area (Å²) in [6.07, 6.45) is 3.49. The molecule has 0 fully saturated rings. The lowest BCUT2D eigenvalue weighted by atomic mass is 10.2. The topological polar surface area (TPSA) is 55.0 Å². The van der Waals surface area contributed by atoms with Gasteiger partial charge in [-0.3, -0.25) is 0 Å². The van der Waals surface area contributed by atoms with Crippen LogP contribution in [0.25, 0.3) is 11.4 Å². The highest BCUT2D eigenvalue weighted by atomic mass is 15.1. The van der Waals surface area contributed by atoms with E-state index in [0.29, 0.717) is 6.54 Å². The second kappa shape index (κ2) is 5.41. The van der Waals surface area contributed by atoms with E-state index in [4.69, 9.17) is 5.73 Å². The molecule has 0 unspecified atom stereocenters. The predicted molar refractivity (Wildman–Crippen MR) is 69.8 cm³/mol. The molecule has 0 aliphatic heterocycles. The maximum atomic E-state index is 5.53. The summed E-state index contributed by atoms with van der Waals surface area (Å²) in [6, 6.07) is 9.98. The van der Waals surface area contributed by atoms with Crippen LogP contribution in [-0.2, 0) is 0 Å². The summed E-state index contributed by atoms with van der Waals surface area (Å²) >= 11 is 0. The van der Waals surface area contributed by atoms with Crippen LogP contribution in [0.1, 0.15) is 0 Å². The molecule has 0 bridgehead atoms. The van der Waals surface area contributed by atoms with Gasteiger partial charge in [-0.1, -0.05) is 0 Å². The van der Waals surface area contributed by atoms with Gasteiger partial charge < -0.3 is 10.6 Å². The Morgan fingerprint density at radius 3 is 2.35 bits per heavy atom. The standard InChI is InChI=1S/C13H16N4/c1-17(10-7-14)12-5-3-11(4-6-12)13-15-8-2-9-16-13/h2-6,8-9H,7,10,14H2,1H3. The lowest BCUT2D eigenvalue weighted by Gasteiger charge is -2.18. The Kier molecular flexibility index (Phi) is 3.67. The highest BCUT2D eigenvalue weighted by Gasteiger charge is 2.02. The normalized spacial score (nSPS) is 10.2. The zero-order chi connectivity index (χ0) is 12.1. The maximum absolute atomic E-state index is 5.53. The van der Waals surface area contributed by atoms with Crippen molar-refractivity contribution in [1.29, 1.82) is 0 Å². The van der Waals surface area contributed by atoms with Crippen molar-refractivity contribution in [1.82, 2.24) is 9.97 Å². The van der Waals surface area contributed by atoms with E-state index in [-0.39, 0.29) is 0 Å². The number of hydrogen-bond acceptors (Lipinski definition) is 4. The van der Waals surface area contributed by atoms with Gasteiger partial charge in [0.15, 0.2) is 5.82 Å². The van der Waals surface area contributed by atoms with Gasteiger partial charge in [0.05, 0.1) is 0 Å². The Morgan fingerprint density at radius 2 is 1.76 bits per heavy atom. The molecule has 0 spiro atoms. The van der Waals surface area contributed by atoms with Gasteiger partial charge in [0.25, 0.3) is 0 Å². The molecule has 1 heterocycles. The third-order valence-corrected chi connectivity index (χ3v) is 2.60. The summed E-state index contributed by atoms with van der Waals surface area (Å²) in [5, 5.41) is 0. The lowest BCUT2D eigenvalue weighted by Crippen LogP contribution is -2.24. The first kappa shape index (κ1) is 11.5. The fourth-order valence-corrected chi connectivity index (χ4v) is 1.64. The zero-order valence-corrected chi connectivity index (χ0v) is 9.87. The molecule has 4 nitrogen and oxygen atoms in total. The van der Waals surface area contributed by atoms with Crippen LogP contribution < -0.4 is 10.6 Å². The van der Waals surface area contributed by atoms with E-state index < -0.39 is 0 Å². The van der Waals surface area contributed by atoms with E-state index in [2.05, 4.69) is 27.0 Å². The van der Waals surface area contributed by atoms with E-state index in [1.54, 1.807) is 12.4 Å². The Morgan fingerprint density at radius 1 is 1.12 bits per heavy atom. The van der Waals surface area contributed by atoms with Crippen molar-refractivity contribution in [3.05, 3.63) is 42.7 Å². The molecule has 2 aromatic rings. The number of benzene rings is 1. The van der Waals surface area contributed by atoms with Gasteiger partial charge in [-0.15, -0.1) is 0 Å². The van der Waals surface area contributed by atoms with Crippen LogP contribution in [0.4, 0.5) is 5.69 Å². The molecule has 0 saturated carbocycles. The molecule has 88 valence electrons. The summed E-state index contributed by atoms with van der Waals surface area (Å²) in [7, 11) is 2.03. The average Bonchev–Trinajstić information content (AvgIpc) is 2.40. The van der Waals surface area contributed by atoms with Gasteiger partial charge in [-0.05, 0) is 30.3 Å². The van der Waals surface area contributed by atoms with Gasteiger partial charge in [-0.25, -0.2) is 9.97 Å². The predicted octanol–water partition coefficient (Wildman–Crippen LogP) is 1.54. The van der Waals surface area contributed by atoms with E-state index in [1.165, 1.54) is 0 Å². The van der Waals surface area contributed by atoms with Crippen LogP contribution in [0.15, 0.2) is 42.7 Å². The number of likely N-dealkylation sites (N-methyl/N-ethyl adjacent to an activating group) is 1. The highest BCUT2D eigenvalue weighted by Crippen LogP contribution is 2.19. The fraction of sp³-hybridized carbons (Fsp3) is 0.231. The van der Waals surface area contributed by atoms with Crippen molar-refractivity contribution >= 4 is 5.69 Å². The summed E-state index contributed by atoms with van der Waals surface area (Å²) < 4.78 is 0. The van der Waals surface area contributed by atoms with E-state index >= 15 is 0 Å². The average molecular weight is 228 g/mol. The number of anilines is 1. The Hall–Kier alpha value is -1.94. The van der Waals surface area contributed by atoms with Gasteiger partial charge in [0.2, 0.25) is 0 Å². The maximum Gasteiger partial charge on any atom is 0.159 e. The monoisotopic (exact) mass is 228 g/mol. The van der Waals surface area contributed by atoms with Gasteiger partial charge in [0, 0.05) is 43.8 Å². The first-order valence-corrected chi connectivity index (χ1v) is 5.60. The number of nitrogens with two attached hydrogens (primary N) is 1. The molecular weight excluding hydrogens is 212 g/mol. The van der Waals surface area contributed by atoms with Crippen LogP contribution in [0.2, 0.25) is 0 Å². The summed E-state index contributed by atoms with van der Waals surface area (Å²) in [6.45, 7) is 1.50. The molecule has 0 radical (unpaired) electrons. The number of aromatic nitrogens is 2. The molecule has 17 heavy (non-hydrogen) atoms. The van der Waals surface area contributed by atoms with Crippen molar-refractivity contribution in [2.75, 3.05) is 25.0 Å². The third kappa shape index (κ3) is 2.79. The largest absolute Gasteiger partial charge is 0.373 e. The van der Waals surface area contributed by atoms with Crippen LogP contribution in [-0.4, -0.2) is 30.1 Å². The zero-order valence-electron chi connectivity index (χ0n) is 9.87. The smallest absolute Gasteiger partial charge is 0.159 e. The van der Waals surface area contributed by atoms with Crippen LogP contribution in [0, 0.1) is 0 Å². The summed E-state index contributed by atoms with van der Waals surface area (Å²) in [5.41, 5.74) is 7.70. The molecular formula is C13H16N4. The lowest BCUT2D eigenvalue weighted by molar-refractivity contribution is 0.886. The quantitative estimate of drug-likeness (QED) is 0.862. The minimum absolute atomic E-state index is 0.653. The number of nitrogens with zero attached hydrogens (tertiary/aromatic N) is 3. The van der Waals surface area contributed by atoms with Gasteiger partial charge in [-0.2, -0.15) is 0 Å². The second-order valence-electron chi connectivity index (χ2n) is 3.83. The molecule has 2 rings (SSSR count). The molecule has 4 heteroatoms. The molecule has 1 aromatic heterocycles. The SMILES string of the molecule is CN(CCN)c1ccc(-c2ncccn2)cc1. The minimum atomic E-state index is 0.653.